The van der Waals surface area contributed by atoms with Gasteiger partial charge in [0.15, 0.2) is 0 Å². The number of aliphatic imine (C=N–C) groups is 2. The van der Waals surface area contributed by atoms with Gasteiger partial charge in [-0.25, -0.2) is 4.98 Å². The Kier molecular flexibility index (Phi) is 26.1. The molecule has 3 aromatic rings. The number of unbranched alkanes of at least 4 members (excludes halogenated alkanes) is 6. The first-order valence-electron chi connectivity index (χ1n) is 22.6. The first-order valence-corrected chi connectivity index (χ1v) is 31.3. The third-order valence-electron chi connectivity index (χ3n) is 12.2. The second-order valence-corrected chi connectivity index (χ2v) is 28.6. The zero-order valence-corrected chi connectivity index (χ0v) is 42.4. The molecule has 3 rings (SSSR count). The van der Waals surface area contributed by atoms with Crippen LogP contribution in [-0.4, -0.2) is 32.6 Å². The van der Waals surface area contributed by atoms with Gasteiger partial charge in [0.05, 0.1) is 50.3 Å². The van der Waals surface area contributed by atoms with Crippen molar-refractivity contribution in [2.24, 2.45) is 9.98 Å². The molecule has 57 heavy (non-hydrogen) atoms. The molecule has 0 radical (unpaired) electrons. The van der Waals surface area contributed by atoms with Crippen molar-refractivity contribution in [3.63, 3.8) is 0 Å². The van der Waals surface area contributed by atoms with E-state index in [0.29, 0.717) is 0 Å². The maximum atomic E-state index is 5.72. The molecule has 0 saturated heterocycles. The molecule has 0 aliphatic heterocycles. The Balaban J connectivity index is 0.00000362. The Morgan fingerprint density at radius 1 is 0.474 bits per heavy atom. The molecule has 0 saturated carbocycles. The number of hydrogen-bond acceptors (Lipinski definition) is 3. The number of para-hydroxylation sites is 2. The van der Waals surface area contributed by atoms with E-state index in [-0.39, 0.29) is 13.1 Å². The number of aryl methyl sites for hydroxylation is 4. The molecular formula is C49H79Cl2FeN3Si2. The van der Waals surface area contributed by atoms with Crippen LogP contribution in [0.2, 0.25) is 48.4 Å². The van der Waals surface area contributed by atoms with Gasteiger partial charge in [-0.3, -0.25) is 9.98 Å². The van der Waals surface area contributed by atoms with Gasteiger partial charge in [0.1, 0.15) is 0 Å². The third-order valence-corrected chi connectivity index (χ3v) is 22.8. The number of hydrogen-bond donors (Lipinski definition) is 0. The fourth-order valence-electron chi connectivity index (χ4n) is 8.67. The molecule has 0 unspecified atom stereocenters. The zero-order valence-electron chi connectivity index (χ0n) is 37.8. The van der Waals surface area contributed by atoms with Crippen LogP contribution in [0.4, 0.5) is 11.4 Å². The quantitative estimate of drug-likeness (QED) is 0.0584. The van der Waals surface area contributed by atoms with Gasteiger partial charge in [-0.05, 0) is 74.2 Å². The minimum atomic E-state index is -1.69. The van der Waals surface area contributed by atoms with Crippen molar-refractivity contribution in [2.75, 3.05) is 0 Å². The summed E-state index contributed by atoms with van der Waals surface area (Å²) in [5.41, 5.74) is 11.9. The first kappa shape index (κ1) is 51.6. The Labute approximate surface area is 367 Å². The van der Waals surface area contributed by atoms with E-state index < -0.39 is 16.1 Å². The first-order chi connectivity index (χ1) is 27.5. The minimum absolute atomic E-state index is 0.194. The molecule has 0 atom stereocenters. The summed E-state index contributed by atoms with van der Waals surface area (Å²) in [5, 5.41) is 0. The molecule has 1 aromatic heterocycles. The van der Waals surface area contributed by atoms with Crippen LogP contribution in [0.25, 0.3) is 0 Å². The van der Waals surface area contributed by atoms with E-state index in [2.05, 4.69) is 124 Å². The van der Waals surface area contributed by atoms with Crippen LogP contribution in [-0.2, 0) is 13.1 Å². The molecular weight excluding hydrogens is 813 g/mol. The van der Waals surface area contributed by atoms with Crippen molar-refractivity contribution in [1.29, 1.82) is 0 Å². The van der Waals surface area contributed by atoms with Crippen LogP contribution in [0.5, 0.6) is 0 Å². The van der Waals surface area contributed by atoms with Gasteiger partial charge in [-0.15, -0.1) is 0 Å². The number of pyridine rings is 1. The van der Waals surface area contributed by atoms with E-state index in [9.17, 15) is 0 Å². The fraction of sp³-hybridized carbons (Fsp3) is 0.612. The molecule has 8 heteroatoms. The second-order valence-electron chi connectivity index (χ2n) is 17.0. The Bertz CT molecular complexity index is 1440. The molecule has 3 nitrogen and oxygen atoms in total. The van der Waals surface area contributed by atoms with Gasteiger partial charge in [-0.1, -0.05) is 197 Å². The summed E-state index contributed by atoms with van der Waals surface area (Å²) in [6, 6.07) is 30.7. The van der Waals surface area contributed by atoms with Gasteiger partial charge in [0, 0.05) is 0 Å². The van der Waals surface area contributed by atoms with Gasteiger partial charge in [0.2, 0.25) is 0 Å². The predicted molar refractivity (Wildman–Crippen MR) is 260 cm³/mol. The molecule has 0 amide bonds. The number of nitrogens with zero attached hydrogens (tertiary/aromatic N) is 3. The Morgan fingerprint density at radius 3 is 0.965 bits per heavy atom. The SMILES string of the molecule is CCCC[Si](CCCC)(CCCC)CC(=Nc1c(C)cccc1C)c1cccc(C(C[Si](CCCC)(CCCC)CCCC)=Nc2c(C)cccc2C)n1.[Cl][Fe][Cl]. The fourth-order valence-corrected chi connectivity index (χ4v) is 19.8. The number of rotatable bonds is 26. The topological polar surface area (TPSA) is 37.6 Å². The molecule has 1 heterocycles. The molecule has 0 aliphatic rings. The van der Waals surface area contributed by atoms with Crippen LogP contribution in [0.1, 0.15) is 152 Å². The average molecular weight is 893 g/mol. The van der Waals surface area contributed by atoms with Crippen molar-refractivity contribution in [2.45, 2.75) is 195 Å². The number of aromatic nitrogens is 1. The second kappa shape index (κ2) is 28.8. The summed E-state index contributed by atoms with van der Waals surface area (Å²) >= 11 is 0.194. The van der Waals surface area contributed by atoms with Crippen molar-refractivity contribution >= 4 is 59.1 Å². The molecule has 0 N–H and O–H groups in total. The summed E-state index contributed by atoms with van der Waals surface area (Å²) in [6.45, 7) is 23.1. The van der Waals surface area contributed by atoms with Crippen LogP contribution in [0, 0.1) is 27.7 Å². The summed E-state index contributed by atoms with van der Waals surface area (Å²) < 4.78 is 0. The van der Waals surface area contributed by atoms with E-state index in [1.54, 1.807) is 0 Å². The van der Waals surface area contributed by atoms with Crippen molar-refractivity contribution in [3.8, 4) is 0 Å². The number of halogens is 2. The molecule has 0 fully saturated rings. The zero-order chi connectivity index (χ0) is 42.1. The van der Waals surface area contributed by atoms with Crippen LogP contribution < -0.4 is 0 Å². The summed E-state index contributed by atoms with van der Waals surface area (Å²) in [6.07, 6.45) is 15.6. The molecule has 2 aromatic carbocycles. The van der Waals surface area contributed by atoms with E-state index >= 15 is 0 Å². The number of benzene rings is 2. The van der Waals surface area contributed by atoms with E-state index in [1.165, 1.54) is 147 Å². The maximum absolute atomic E-state index is 5.72. The van der Waals surface area contributed by atoms with Crippen LogP contribution in [0.3, 0.4) is 0 Å². The summed E-state index contributed by atoms with van der Waals surface area (Å²) in [5.74, 6) is 0. The molecule has 0 spiro atoms. The molecule has 320 valence electrons. The van der Waals surface area contributed by atoms with Crippen LogP contribution >= 0.6 is 20.2 Å². The van der Waals surface area contributed by atoms with Gasteiger partial charge in [0.25, 0.3) is 0 Å². The van der Waals surface area contributed by atoms with Gasteiger partial charge >= 0.3 is 33.3 Å². The van der Waals surface area contributed by atoms with Crippen molar-refractivity contribution in [1.82, 2.24) is 4.98 Å². The van der Waals surface area contributed by atoms with Crippen LogP contribution in [0.15, 0.2) is 64.6 Å². The monoisotopic (exact) mass is 891 g/mol. The Morgan fingerprint density at radius 2 is 0.719 bits per heavy atom. The standard InChI is InChI=1S/C49H79N3Si2.2ClH.Fe/c1-11-17-32-53(33-18-12-2,34-19-13-3)38-46(51-48-40(7)26-23-27-41(48)8)44-30-25-31-45(50-44)47(52-49-42(9)28-24-29-43(49)10)39-54(35-20-14-4,36-21-15-5)37-22-16-6;;;/h23-31H,11-22,32-39H2,1-10H3;2*1H;/q;;;+2/p-2. The molecule has 0 aliphatic carbocycles. The molecule has 0 bridgehead atoms. The van der Waals surface area contributed by atoms with Crippen molar-refractivity contribution < 1.29 is 13.1 Å². The van der Waals surface area contributed by atoms with Gasteiger partial charge in [-0.2, -0.15) is 0 Å². The summed E-state index contributed by atoms with van der Waals surface area (Å²) in [4.78, 5) is 17.1. The van der Waals surface area contributed by atoms with E-state index in [4.69, 9.17) is 35.2 Å². The Hall–Kier alpha value is -1.54. The summed E-state index contributed by atoms with van der Waals surface area (Å²) in [7, 11) is 6.15. The van der Waals surface area contributed by atoms with Gasteiger partial charge < -0.3 is 0 Å². The third kappa shape index (κ3) is 17.5. The van der Waals surface area contributed by atoms with Crippen molar-refractivity contribution in [3.05, 3.63) is 88.2 Å². The normalized spacial score (nSPS) is 12.6. The van der Waals surface area contributed by atoms with E-state index in [1.807, 2.05) is 0 Å². The average Bonchev–Trinajstić information content (AvgIpc) is 3.21. The predicted octanol–water partition coefficient (Wildman–Crippen LogP) is 17.6. The van der Waals surface area contributed by atoms with E-state index in [0.717, 1.165) is 34.9 Å².